The van der Waals surface area contributed by atoms with Crippen molar-refractivity contribution in [1.82, 2.24) is 9.80 Å². The van der Waals surface area contributed by atoms with Gasteiger partial charge < -0.3 is 33.7 Å². The third-order valence-corrected chi connectivity index (χ3v) is 9.55. The van der Waals surface area contributed by atoms with Gasteiger partial charge in [-0.2, -0.15) is 0 Å². The molecule has 2 fully saturated rings. The Morgan fingerprint density at radius 1 is 1.19 bits per heavy atom. The number of likely N-dealkylation sites (N-methyl/N-ethyl adjacent to an activating group) is 1. The molecule has 6 rings (SSSR count). The summed E-state index contributed by atoms with van der Waals surface area (Å²) in [6, 6.07) is 2.95. The number of carbonyl (C=O) groups is 3. The molecule has 0 saturated carbocycles. The lowest BCUT2D eigenvalue weighted by molar-refractivity contribution is -0.176. The Labute approximate surface area is 245 Å². The second-order valence-electron chi connectivity index (χ2n) is 13.1. The summed E-state index contributed by atoms with van der Waals surface area (Å²) < 4.78 is 29.0. The van der Waals surface area contributed by atoms with Gasteiger partial charge in [0.25, 0.3) is 0 Å². The molecule has 228 valence electrons. The molecule has 1 amide bonds. The highest BCUT2D eigenvalue weighted by Crippen LogP contribution is 2.65. The molecule has 0 radical (unpaired) electrons. The number of hydrogen-bond donors (Lipinski definition) is 1. The van der Waals surface area contributed by atoms with Crippen LogP contribution in [0.1, 0.15) is 64.5 Å². The van der Waals surface area contributed by atoms with Gasteiger partial charge in [-0.15, -0.1) is 0 Å². The summed E-state index contributed by atoms with van der Waals surface area (Å²) in [5.74, 6) is -0.00851. The molecule has 3 heterocycles. The van der Waals surface area contributed by atoms with Gasteiger partial charge in [-0.1, -0.05) is 6.07 Å². The maximum absolute atomic E-state index is 13.3. The van der Waals surface area contributed by atoms with Gasteiger partial charge in [0.2, 0.25) is 0 Å². The van der Waals surface area contributed by atoms with Gasteiger partial charge >= 0.3 is 18.0 Å². The summed E-state index contributed by atoms with van der Waals surface area (Å²) in [5, 5.41) is 12.3. The number of aliphatic hydroxyl groups is 1. The first-order valence-corrected chi connectivity index (χ1v) is 14.7. The van der Waals surface area contributed by atoms with E-state index in [0.29, 0.717) is 49.5 Å². The van der Waals surface area contributed by atoms with E-state index in [1.165, 1.54) is 11.8 Å². The number of methoxy groups -OCH3 is 1. The minimum absolute atomic E-state index is 0.128. The number of benzene rings is 1. The molecule has 2 aliphatic carbocycles. The smallest absolute Gasteiger partial charge is 0.411 e. The van der Waals surface area contributed by atoms with Crippen LogP contribution in [0.3, 0.4) is 0 Å². The van der Waals surface area contributed by atoms with Crippen molar-refractivity contribution in [2.24, 2.45) is 0 Å². The molecule has 2 saturated heterocycles. The van der Waals surface area contributed by atoms with Crippen molar-refractivity contribution in [2.75, 3.05) is 27.2 Å². The summed E-state index contributed by atoms with van der Waals surface area (Å²) in [5.41, 5.74) is -0.622. The van der Waals surface area contributed by atoms with Crippen molar-refractivity contribution in [2.45, 2.75) is 101 Å². The van der Waals surface area contributed by atoms with Gasteiger partial charge in [0.05, 0.1) is 18.1 Å². The van der Waals surface area contributed by atoms with Crippen LogP contribution in [0.15, 0.2) is 24.0 Å². The average molecular weight is 585 g/mol. The molecule has 11 heteroatoms. The molecule has 1 aromatic rings. The molecule has 11 nitrogen and oxygen atoms in total. The molecule has 42 heavy (non-hydrogen) atoms. The summed E-state index contributed by atoms with van der Waals surface area (Å²) in [7, 11) is 3.61. The van der Waals surface area contributed by atoms with E-state index in [0.717, 1.165) is 17.7 Å². The molecule has 0 aromatic heterocycles. The topological polar surface area (TPSA) is 124 Å². The first-order valence-electron chi connectivity index (χ1n) is 14.7. The quantitative estimate of drug-likeness (QED) is 0.408. The number of ether oxygens (including phenoxy) is 5. The van der Waals surface area contributed by atoms with Gasteiger partial charge in [-0.05, 0) is 84.7 Å². The maximum Gasteiger partial charge on any atom is 0.411 e. The van der Waals surface area contributed by atoms with Crippen LogP contribution < -0.4 is 9.47 Å². The normalized spacial score (nSPS) is 31.8. The molecule has 0 unspecified atom stereocenters. The minimum Gasteiger partial charge on any atom is -0.493 e. The largest absolute Gasteiger partial charge is 0.493 e. The second kappa shape index (κ2) is 9.87. The zero-order valence-electron chi connectivity index (χ0n) is 25.1. The van der Waals surface area contributed by atoms with Gasteiger partial charge in [-0.3, -0.25) is 4.90 Å². The number of likely N-dealkylation sites (tertiary alicyclic amines) is 2. The fourth-order valence-corrected chi connectivity index (χ4v) is 7.64. The fraction of sp³-hybridized carbons (Fsp3) is 0.645. The predicted molar refractivity (Wildman–Crippen MR) is 149 cm³/mol. The zero-order chi connectivity index (χ0) is 30.2. The van der Waals surface area contributed by atoms with Crippen molar-refractivity contribution in [1.29, 1.82) is 0 Å². The van der Waals surface area contributed by atoms with E-state index in [1.807, 2.05) is 19.2 Å². The number of esters is 2. The lowest BCUT2D eigenvalue weighted by Gasteiger charge is -2.61. The van der Waals surface area contributed by atoms with Crippen LogP contribution in [-0.2, 0) is 35.6 Å². The minimum atomic E-state index is -1.23. The highest BCUT2D eigenvalue weighted by Gasteiger charge is 2.72. The molecule has 2 bridgehead atoms. The maximum atomic E-state index is 13.3. The number of carbonyl (C=O) groups excluding carboxylic acids is 3. The number of hydrogen-bond acceptors (Lipinski definition) is 10. The van der Waals surface area contributed by atoms with Gasteiger partial charge in [0, 0.05) is 24.6 Å². The Hall–Kier alpha value is -3.31. The third-order valence-electron chi connectivity index (χ3n) is 9.55. The fourth-order valence-electron chi connectivity index (χ4n) is 7.64. The molecule has 1 aromatic carbocycles. The van der Waals surface area contributed by atoms with Gasteiger partial charge in [-0.25, -0.2) is 14.4 Å². The van der Waals surface area contributed by atoms with Crippen molar-refractivity contribution in [3.8, 4) is 11.5 Å². The molecular weight excluding hydrogens is 544 g/mol. The number of nitrogens with zero attached hydrogens (tertiary/aromatic N) is 2. The Balaban J connectivity index is 1.21. The monoisotopic (exact) mass is 584 g/mol. The van der Waals surface area contributed by atoms with E-state index < -0.39 is 52.9 Å². The van der Waals surface area contributed by atoms with Crippen molar-refractivity contribution >= 4 is 18.0 Å². The molecule has 6 atom stereocenters. The Morgan fingerprint density at radius 2 is 1.95 bits per heavy atom. The van der Waals surface area contributed by atoms with Crippen LogP contribution in [0.4, 0.5) is 4.79 Å². The van der Waals surface area contributed by atoms with Crippen molar-refractivity contribution < 1.29 is 43.2 Å². The summed E-state index contributed by atoms with van der Waals surface area (Å²) >= 11 is 0. The highest BCUT2D eigenvalue weighted by atomic mass is 16.6. The van der Waals surface area contributed by atoms with Gasteiger partial charge in [0.15, 0.2) is 23.7 Å². The van der Waals surface area contributed by atoms with Crippen LogP contribution in [0.2, 0.25) is 0 Å². The van der Waals surface area contributed by atoms with Crippen LogP contribution >= 0.6 is 0 Å². The Morgan fingerprint density at radius 3 is 2.67 bits per heavy atom. The van der Waals surface area contributed by atoms with Crippen LogP contribution in [0, 0.1) is 0 Å². The molecular formula is C31H40N2O9. The number of rotatable bonds is 5. The van der Waals surface area contributed by atoms with E-state index in [-0.39, 0.29) is 12.5 Å². The van der Waals surface area contributed by atoms with E-state index in [4.69, 9.17) is 23.7 Å². The summed E-state index contributed by atoms with van der Waals surface area (Å²) in [6.07, 6.45) is 1.76. The lowest BCUT2D eigenvalue weighted by atomic mass is 9.50. The van der Waals surface area contributed by atoms with E-state index in [2.05, 4.69) is 4.90 Å². The predicted octanol–water partition coefficient (Wildman–Crippen LogP) is 2.85. The van der Waals surface area contributed by atoms with E-state index in [9.17, 15) is 19.5 Å². The van der Waals surface area contributed by atoms with Crippen LogP contribution in [-0.4, -0.2) is 95.7 Å². The van der Waals surface area contributed by atoms with E-state index >= 15 is 0 Å². The zero-order valence-corrected chi connectivity index (χ0v) is 25.1. The Kier molecular flexibility index (Phi) is 6.77. The molecule has 5 aliphatic rings. The SMILES string of the molecule is COc1ccc2c3c1O[C@H]1C(OC(=O)[C@H](C)OC(=O)[C@@H]4CCCN4C(=O)OC(C)(C)C)=CC[C@@]4(O)[C@@H](C2)N(C)CC[C@]314. The second-order valence-corrected chi connectivity index (χ2v) is 13.1. The third kappa shape index (κ3) is 4.18. The van der Waals surface area contributed by atoms with Crippen molar-refractivity contribution in [3.63, 3.8) is 0 Å². The van der Waals surface area contributed by atoms with E-state index in [1.54, 1.807) is 34.0 Å². The molecule has 3 aliphatic heterocycles. The van der Waals surface area contributed by atoms with Crippen LogP contribution in [0.25, 0.3) is 0 Å². The number of amides is 1. The first-order chi connectivity index (χ1) is 19.8. The summed E-state index contributed by atoms with van der Waals surface area (Å²) in [4.78, 5) is 42.6. The highest BCUT2D eigenvalue weighted by molar-refractivity contribution is 5.85. The molecule has 1 spiro atoms. The van der Waals surface area contributed by atoms with Gasteiger partial charge in [0.1, 0.15) is 17.4 Å². The number of piperidine rings is 1. The summed E-state index contributed by atoms with van der Waals surface area (Å²) in [6.45, 7) is 7.84. The van der Waals surface area contributed by atoms with Crippen molar-refractivity contribution in [3.05, 3.63) is 35.1 Å². The lowest BCUT2D eigenvalue weighted by Crippen LogP contribution is -2.74. The average Bonchev–Trinajstić information content (AvgIpc) is 3.55. The first kappa shape index (κ1) is 28.8. The Bertz CT molecular complexity index is 1350. The standard InChI is InChI=1S/C31H40N2O9/c1-17(39-27(35)19-8-7-14-33(19)28(36)42-29(2,3)4)26(34)40-21-11-12-31(37)22-16-18-9-10-20(38-6)24-23(18)30(31,25(21)41-24)13-15-32(22)5/h9-11,17,19,22,25,37H,7-8,12-16H2,1-6H3/t17-,19-,22+,25-,30-,31+/m0/s1. The molecule has 1 N–H and O–H groups in total. The van der Waals surface area contributed by atoms with Crippen LogP contribution in [0.5, 0.6) is 11.5 Å².